The Morgan fingerprint density at radius 1 is 0.708 bits per heavy atom. The van der Waals surface area contributed by atoms with Gasteiger partial charge in [-0.05, 0) is 78.9 Å². The zero-order valence-corrected chi connectivity index (χ0v) is 29.7. The average Bonchev–Trinajstić information content (AvgIpc) is 3.45. The van der Waals surface area contributed by atoms with Crippen LogP contribution in [0.15, 0.2) is 121 Å². The van der Waals surface area contributed by atoms with E-state index in [-0.39, 0.29) is 10.8 Å². The molecule has 0 bridgehead atoms. The van der Waals surface area contributed by atoms with E-state index in [1.165, 1.54) is 55.5 Å². The minimum absolute atomic E-state index is 0.0843. The number of anilines is 1. The molecule has 3 heteroatoms. The molecule has 2 aliphatic rings. The molecule has 0 aromatic heterocycles. The minimum atomic E-state index is -0.129. The van der Waals surface area contributed by atoms with Gasteiger partial charge in [0.05, 0.1) is 5.41 Å². The van der Waals surface area contributed by atoms with Crippen LogP contribution in [0.1, 0.15) is 84.8 Å². The van der Waals surface area contributed by atoms with Gasteiger partial charge in [0.15, 0.2) is 5.71 Å². The summed E-state index contributed by atoms with van der Waals surface area (Å²) >= 11 is 0. The van der Waals surface area contributed by atoms with Crippen molar-refractivity contribution >= 4 is 44.4 Å². The number of hydrogen-bond acceptors (Lipinski definition) is 2. The van der Waals surface area contributed by atoms with Crippen molar-refractivity contribution in [2.24, 2.45) is 0 Å². The van der Waals surface area contributed by atoms with Gasteiger partial charge in [-0.25, -0.2) is 0 Å². The van der Waals surface area contributed by atoms with Gasteiger partial charge in [0.1, 0.15) is 12.3 Å². The average molecular weight is 636 g/mol. The number of rotatable bonds is 12. The fourth-order valence-electron chi connectivity index (χ4n) is 8.08. The molecule has 4 aromatic carbocycles. The second-order valence-electron chi connectivity index (χ2n) is 14.3. The number of nitrogens with zero attached hydrogens (tertiary/aromatic N) is 2. The third-order valence-corrected chi connectivity index (χ3v) is 10.5. The van der Waals surface area contributed by atoms with Crippen LogP contribution in [0.5, 0.6) is 0 Å². The lowest BCUT2D eigenvalue weighted by atomic mass is 9.79. The predicted octanol–water partition coefficient (Wildman–Crippen LogP) is 11.3. The van der Waals surface area contributed by atoms with Crippen molar-refractivity contribution in [3.63, 3.8) is 0 Å². The SMILES string of the molecule is CCC(=O)CCCCC[N+]1=C(/C=C/C=C/C=C/C=C2\N(CC)c3ccc4ccccc4c3C2(C)C)C(C)(C)c2c1ccc1ccccc21. The Balaban J connectivity index is 1.23. The highest BCUT2D eigenvalue weighted by molar-refractivity contribution is 6.07. The van der Waals surface area contributed by atoms with Crippen molar-refractivity contribution in [2.45, 2.75) is 84.5 Å². The summed E-state index contributed by atoms with van der Waals surface area (Å²) in [6.45, 7) is 15.5. The van der Waals surface area contributed by atoms with Crippen molar-refractivity contribution in [2.75, 3.05) is 18.0 Å². The van der Waals surface area contributed by atoms with Crippen LogP contribution in [0.4, 0.5) is 11.4 Å². The van der Waals surface area contributed by atoms with E-state index in [1.54, 1.807) is 0 Å². The molecule has 0 saturated heterocycles. The zero-order valence-electron chi connectivity index (χ0n) is 29.7. The number of hydrogen-bond donors (Lipinski definition) is 0. The van der Waals surface area contributed by atoms with Crippen molar-refractivity contribution in [1.82, 2.24) is 0 Å². The fraction of sp³-hybridized carbons (Fsp3) is 0.333. The molecule has 0 unspecified atom stereocenters. The van der Waals surface area contributed by atoms with E-state index >= 15 is 0 Å². The van der Waals surface area contributed by atoms with Crippen molar-refractivity contribution in [3.05, 3.63) is 132 Å². The smallest absolute Gasteiger partial charge is 0.210 e. The summed E-state index contributed by atoms with van der Waals surface area (Å²) in [6, 6.07) is 26.6. The van der Waals surface area contributed by atoms with Crippen molar-refractivity contribution in [1.29, 1.82) is 0 Å². The third kappa shape index (κ3) is 6.12. The summed E-state index contributed by atoms with van der Waals surface area (Å²) in [4.78, 5) is 14.3. The first-order valence-corrected chi connectivity index (χ1v) is 17.9. The Hall–Kier alpha value is -4.50. The monoisotopic (exact) mass is 635 g/mol. The highest BCUT2D eigenvalue weighted by atomic mass is 16.1. The molecule has 4 aromatic rings. The molecule has 2 aliphatic heterocycles. The van der Waals surface area contributed by atoms with Crippen LogP contribution in [-0.4, -0.2) is 29.2 Å². The number of carbonyl (C=O) groups excluding carboxylic acids is 1. The summed E-state index contributed by atoms with van der Waals surface area (Å²) < 4.78 is 2.52. The molecule has 246 valence electrons. The van der Waals surface area contributed by atoms with Gasteiger partial charge < -0.3 is 4.90 Å². The molecule has 0 atom stereocenters. The number of carbonyl (C=O) groups is 1. The predicted molar refractivity (Wildman–Crippen MR) is 206 cm³/mol. The topological polar surface area (TPSA) is 23.3 Å². The summed E-state index contributed by atoms with van der Waals surface area (Å²) in [5, 5.41) is 5.27. The molecule has 2 heterocycles. The van der Waals surface area contributed by atoms with Gasteiger partial charge in [-0.15, -0.1) is 0 Å². The van der Waals surface area contributed by atoms with E-state index in [4.69, 9.17) is 0 Å². The Bertz CT molecular complexity index is 2000. The third-order valence-electron chi connectivity index (χ3n) is 10.5. The highest BCUT2D eigenvalue weighted by Gasteiger charge is 2.45. The van der Waals surface area contributed by atoms with Crippen LogP contribution in [0.2, 0.25) is 0 Å². The van der Waals surface area contributed by atoms with Crippen molar-refractivity contribution in [3.8, 4) is 0 Å². The van der Waals surface area contributed by atoms with Gasteiger partial charge in [-0.3, -0.25) is 4.79 Å². The number of unbranched alkanes of at least 4 members (excludes halogenated alkanes) is 2. The molecule has 0 aliphatic carbocycles. The maximum atomic E-state index is 11.8. The first kappa shape index (κ1) is 33.4. The lowest BCUT2D eigenvalue weighted by Gasteiger charge is -2.26. The maximum absolute atomic E-state index is 11.8. The first-order valence-electron chi connectivity index (χ1n) is 17.9. The quantitative estimate of drug-likeness (QED) is 0.0878. The largest absolute Gasteiger partial charge is 0.344 e. The number of fused-ring (bicyclic) bond motifs is 6. The Morgan fingerprint density at radius 3 is 2.06 bits per heavy atom. The summed E-state index contributed by atoms with van der Waals surface area (Å²) in [6.07, 6.45) is 19.8. The Morgan fingerprint density at radius 2 is 1.35 bits per heavy atom. The van der Waals surface area contributed by atoms with Crippen molar-refractivity contribution < 1.29 is 9.37 Å². The van der Waals surface area contributed by atoms with E-state index in [0.717, 1.165) is 32.4 Å². The normalized spacial score (nSPS) is 17.6. The van der Waals surface area contributed by atoms with Crippen LogP contribution in [0.25, 0.3) is 21.5 Å². The molecular weight excluding hydrogens is 585 g/mol. The van der Waals surface area contributed by atoms with Crippen LogP contribution in [0.3, 0.4) is 0 Å². The Kier molecular flexibility index (Phi) is 9.69. The van der Waals surface area contributed by atoms with Gasteiger partial charge >= 0.3 is 0 Å². The van der Waals surface area contributed by atoms with Gasteiger partial charge in [0.25, 0.3) is 0 Å². The van der Waals surface area contributed by atoms with E-state index in [2.05, 4.69) is 159 Å². The van der Waals surface area contributed by atoms with Gasteiger partial charge in [0.2, 0.25) is 5.69 Å². The lowest BCUT2D eigenvalue weighted by molar-refractivity contribution is -0.438. The molecule has 0 saturated carbocycles. The number of Topliss-reactive ketones (excluding diaryl/α,β-unsaturated/α-hetero) is 1. The van der Waals surface area contributed by atoms with E-state index in [1.807, 2.05) is 6.92 Å². The summed E-state index contributed by atoms with van der Waals surface area (Å²) in [7, 11) is 0. The molecule has 0 amide bonds. The molecule has 0 spiro atoms. The van der Waals surface area contributed by atoms with Crippen LogP contribution in [0, 0.1) is 0 Å². The molecule has 0 N–H and O–H groups in total. The van der Waals surface area contributed by atoms with Crippen LogP contribution < -0.4 is 4.90 Å². The first-order chi connectivity index (χ1) is 23.2. The summed E-state index contributed by atoms with van der Waals surface area (Å²) in [5.74, 6) is 0.370. The minimum Gasteiger partial charge on any atom is -0.344 e. The molecule has 0 fully saturated rings. The number of benzene rings is 4. The maximum Gasteiger partial charge on any atom is 0.210 e. The number of ketones is 1. The van der Waals surface area contributed by atoms with Gasteiger partial charge in [-0.1, -0.05) is 106 Å². The van der Waals surface area contributed by atoms with Gasteiger partial charge in [0, 0.05) is 60.3 Å². The number of likely N-dealkylation sites (N-methyl/N-ethyl adjacent to an activating group) is 1. The molecule has 0 radical (unpaired) electrons. The van der Waals surface area contributed by atoms with Gasteiger partial charge in [-0.2, -0.15) is 4.58 Å². The van der Waals surface area contributed by atoms with E-state index < -0.39 is 0 Å². The van der Waals surface area contributed by atoms with Crippen LogP contribution >= 0.6 is 0 Å². The standard InChI is InChI=1S/C45H51N2O/c1-7-35(48)23-13-12-20-32-47-39-31-29-34-22-17-19-25-37(34)43(39)45(5,6)41(47)27-15-11-9-10-14-26-40-44(3,4)42-36-24-18-16-21-33(36)28-30-38(42)46(40)8-2/h9-11,14-19,21-22,24-31H,7-8,12-13,20,23,32H2,1-6H3/q+1. The summed E-state index contributed by atoms with van der Waals surface area (Å²) in [5.41, 5.74) is 7.91. The molecular formula is C45H51N2O+. The Labute approximate surface area is 287 Å². The van der Waals surface area contributed by atoms with E-state index in [9.17, 15) is 4.79 Å². The second kappa shape index (κ2) is 13.9. The fourth-order valence-corrected chi connectivity index (χ4v) is 8.08. The second-order valence-corrected chi connectivity index (χ2v) is 14.3. The highest BCUT2D eigenvalue weighted by Crippen LogP contribution is 2.50. The lowest BCUT2D eigenvalue weighted by Crippen LogP contribution is -2.28. The number of allylic oxidation sites excluding steroid dienone is 8. The molecule has 3 nitrogen and oxygen atoms in total. The molecule has 6 rings (SSSR count). The van der Waals surface area contributed by atoms with Crippen LogP contribution in [-0.2, 0) is 15.6 Å². The van der Waals surface area contributed by atoms with E-state index in [0.29, 0.717) is 18.6 Å². The zero-order chi connectivity index (χ0) is 33.9. The molecule has 48 heavy (non-hydrogen) atoms.